The highest BCUT2D eigenvalue weighted by molar-refractivity contribution is 5.80. The number of guanidine groups is 1. The second kappa shape index (κ2) is 7.09. The number of hydrogen-bond donors (Lipinski definition) is 2. The summed E-state index contributed by atoms with van der Waals surface area (Å²) in [4.78, 5) is 10.7. The Bertz CT molecular complexity index is 401. The van der Waals surface area contributed by atoms with E-state index in [9.17, 15) is 5.11 Å². The van der Waals surface area contributed by atoms with Gasteiger partial charge < -0.3 is 15.3 Å². The van der Waals surface area contributed by atoms with Gasteiger partial charge in [0.15, 0.2) is 5.96 Å². The Morgan fingerprint density at radius 1 is 1.42 bits per heavy atom. The summed E-state index contributed by atoms with van der Waals surface area (Å²) < 4.78 is 0. The average molecular weight is 262 g/mol. The van der Waals surface area contributed by atoms with Crippen LogP contribution in [0.25, 0.3) is 0 Å². The van der Waals surface area contributed by atoms with E-state index in [4.69, 9.17) is 0 Å². The van der Waals surface area contributed by atoms with Gasteiger partial charge in [-0.25, -0.2) is 0 Å². The fourth-order valence-electron chi connectivity index (χ4n) is 2.22. The molecule has 1 saturated heterocycles. The van der Waals surface area contributed by atoms with E-state index in [1.807, 2.05) is 12.1 Å². The molecule has 0 bridgehead atoms. The SMILES string of the molecule is CCNC(=NCC(O)c1ccncc1)N1CCCC1. The van der Waals surface area contributed by atoms with Crippen molar-refractivity contribution >= 4 is 5.96 Å². The van der Waals surface area contributed by atoms with Crippen molar-refractivity contribution in [3.05, 3.63) is 30.1 Å². The van der Waals surface area contributed by atoms with Crippen molar-refractivity contribution in [3.63, 3.8) is 0 Å². The summed E-state index contributed by atoms with van der Waals surface area (Å²) in [5, 5.41) is 13.4. The molecule has 2 heterocycles. The number of rotatable bonds is 4. The lowest BCUT2D eigenvalue weighted by Crippen LogP contribution is -2.39. The zero-order chi connectivity index (χ0) is 13.5. The predicted molar refractivity (Wildman–Crippen MR) is 76.0 cm³/mol. The minimum atomic E-state index is -0.570. The van der Waals surface area contributed by atoms with E-state index in [2.05, 4.69) is 27.1 Å². The van der Waals surface area contributed by atoms with Crippen molar-refractivity contribution in [1.29, 1.82) is 0 Å². The van der Waals surface area contributed by atoms with Gasteiger partial charge >= 0.3 is 0 Å². The molecule has 1 aliphatic rings. The largest absolute Gasteiger partial charge is 0.386 e. The molecule has 1 fully saturated rings. The lowest BCUT2D eigenvalue weighted by molar-refractivity contribution is 0.186. The maximum atomic E-state index is 10.1. The van der Waals surface area contributed by atoms with Gasteiger partial charge in [0.05, 0.1) is 12.6 Å². The molecule has 19 heavy (non-hydrogen) atoms. The number of aliphatic hydroxyl groups excluding tert-OH is 1. The number of nitrogens with zero attached hydrogens (tertiary/aromatic N) is 3. The first-order valence-electron chi connectivity index (χ1n) is 6.92. The van der Waals surface area contributed by atoms with Crippen LogP contribution in [0, 0.1) is 0 Å². The Kier molecular flexibility index (Phi) is 5.15. The predicted octanol–water partition coefficient (Wildman–Crippen LogP) is 1.18. The topological polar surface area (TPSA) is 60.8 Å². The molecular formula is C14H22N4O. The highest BCUT2D eigenvalue weighted by atomic mass is 16.3. The van der Waals surface area contributed by atoms with Gasteiger partial charge in [-0.15, -0.1) is 0 Å². The fourth-order valence-corrected chi connectivity index (χ4v) is 2.22. The maximum Gasteiger partial charge on any atom is 0.194 e. The van der Waals surface area contributed by atoms with E-state index < -0.39 is 6.10 Å². The molecule has 5 nitrogen and oxygen atoms in total. The fraction of sp³-hybridized carbons (Fsp3) is 0.571. The number of likely N-dealkylation sites (tertiary alicyclic amines) is 1. The van der Waals surface area contributed by atoms with Crippen LogP contribution in [-0.4, -0.2) is 47.1 Å². The highest BCUT2D eigenvalue weighted by Gasteiger charge is 2.16. The van der Waals surface area contributed by atoms with Gasteiger partial charge in [0.2, 0.25) is 0 Å². The van der Waals surface area contributed by atoms with E-state index >= 15 is 0 Å². The molecule has 0 radical (unpaired) electrons. The molecular weight excluding hydrogens is 240 g/mol. The summed E-state index contributed by atoms with van der Waals surface area (Å²) in [7, 11) is 0. The summed E-state index contributed by atoms with van der Waals surface area (Å²) in [5.41, 5.74) is 0.857. The van der Waals surface area contributed by atoms with Crippen LogP contribution in [0.3, 0.4) is 0 Å². The highest BCUT2D eigenvalue weighted by Crippen LogP contribution is 2.12. The molecule has 5 heteroatoms. The molecule has 0 spiro atoms. The van der Waals surface area contributed by atoms with Crippen molar-refractivity contribution < 1.29 is 5.11 Å². The lowest BCUT2D eigenvalue weighted by atomic mass is 10.1. The zero-order valence-corrected chi connectivity index (χ0v) is 11.4. The van der Waals surface area contributed by atoms with Gasteiger partial charge in [-0.2, -0.15) is 0 Å². The van der Waals surface area contributed by atoms with Crippen LogP contribution < -0.4 is 5.32 Å². The van der Waals surface area contributed by atoms with E-state index in [0.29, 0.717) is 6.54 Å². The molecule has 2 N–H and O–H groups in total. The average Bonchev–Trinajstić information content (AvgIpc) is 2.98. The first kappa shape index (κ1) is 13.8. The van der Waals surface area contributed by atoms with Gasteiger partial charge in [-0.3, -0.25) is 9.98 Å². The summed E-state index contributed by atoms with van der Waals surface area (Å²) in [6.07, 6.45) is 5.25. The maximum absolute atomic E-state index is 10.1. The van der Waals surface area contributed by atoms with Gasteiger partial charge in [-0.05, 0) is 37.5 Å². The summed E-state index contributed by atoms with van der Waals surface area (Å²) in [6, 6.07) is 3.64. The summed E-state index contributed by atoms with van der Waals surface area (Å²) in [5.74, 6) is 0.910. The molecule has 104 valence electrons. The van der Waals surface area contributed by atoms with Crippen molar-refractivity contribution in [2.75, 3.05) is 26.2 Å². The summed E-state index contributed by atoms with van der Waals surface area (Å²) >= 11 is 0. The lowest BCUT2D eigenvalue weighted by Gasteiger charge is -2.21. The van der Waals surface area contributed by atoms with Crippen LogP contribution in [0.1, 0.15) is 31.4 Å². The van der Waals surface area contributed by atoms with Gasteiger partial charge in [-0.1, -0.05) is 0 Å². The molecule has 1 atom stereocenters. The first-order chi connectivity index (χ1) is 9.31. The summed E-state index contributed by atoms with van der Waals surface area (Å²) in [6.45, 7) is 5.39. The normalized spacial score (nSPS) is 17.6. The molecule has 0 aliphatic carbocycles. The third-order valence-electron chi connectivity index (χ3n) is 3.25. The van der Waals surface area contributed by atoms with Crippen LogP contribution in [0.15, 0.2) is 29.5 Å². The molecule has 0 saturated carbocycles. The second-order valence-corrected chi connectivity index (χ2v) is 4.69. The van der Waals surface area contributed by atoms with Gasteiger partial charge in [0.25, 0.3) is 0 Å². The quantitative estimate of drug-likeness (QED) is 0.632. The zero-order valence-electron chi connectivity index (χ0n) is 11.4. The van der Waals surface area contributed by atoms with Crippen molar-refractivity contribution in [3.8, 4) is 0 Å². The number of nitrogens with one attached hydrogen (secondary N) is 1. The minimum absolute atomic E-state index is 0.378. The number of aliphatic imine (C=N–C) groups is 1. The first-order valence-corrected chi connectivity index (χ1v) is 6.92. The van der Waals surface area contributed by atoms with Crippen LogP contribution in [0.2, 0.25) is 0 Å². The van der Waals surface area contributed by atoms with E-state index in [0.717, 1.165) is 31.2 Å². The number of aliphatic hydroxyl groups is 1. The smallest absolute Gasteiger partial charge is 0.194 e. The monoisotopic (exact) mass is 262 g/mol. The van der Waals surface area contributed by atoms with Crippen LogP contribution in [0.5, 0.6) is 0 Å². The van der Waals surface area contributed by atoms with Crippen molar-refractivity contribution in [2.45, 2.75) is 25.9 Å². The number of pyridine rings is 1. The third kappa shape index (κ3) is 3.92. The number of hydrogen-bond acceptors (Lipinski definition) is 3. The molecule has 1 aromatic heterocycles. The standard InChI is InChI=1S/C14H22N4O/c1-2-16-14(18-9-3-4-10-18)17-11-13(19)12-5-7-15-8-6-12/h5-8,13,19H,2-4,9-11H2,1H3,(H,16,17). The van der Waals surface area contributed by atoms with Crippen molar-refractivity contribution in [1.82, 2.24) is 15.2 Å². The van der Waals surface area contributed by atoms with E-state index in [1.165, 1.54) is 12.8 Å². The molecule has 1 aromatic rings. The molecule has 1 unspecified atom stereocenters. The Morgan fingerprint density at radius 2 is 2.11 bits per heavy atom. The van der Waals surface area contributed by atoms with E-state index in [1.54, 1.807) is 12.4 Å². The second-order valence-electron chi connectivity index (χ2n) is 4.69. The van der Waals surface area contributed by atoms with Crippen LogP contribution >= 0.6 is 0 Å². The Morgan fingerprint density at radius 3 is 2.74 bits per heavy atom. The molecule has 2 rings (SSSR count). The minimum Gasteiger partial charge on any atom is -0.386 e. The van der Waals surface area contributed by atoms with E-state index in [-0.39, 0.29) is 0 Å². The van der Waals surface area contributed by atoms with Crippen LogP contribution in [-0.2, 0) is 0 Å². The van der Waals surface area contributed by atoms with Gasteiger partial charge in [0.1, 0.15) is 0 Å². The van der Waals surface area contributed by atoms with Gasteiger partial charge in [0, 0.05) is 32.0 Å². The Labute approximate surface area is 114 Å². The Balaban J connectivity index is 1.97. The molecule has 0 amide bonds. The number of aromatic nitrogens is 1. The molecule has 0 aromatic carbocycles. The third-order valence-corrected chi connectivity index (χ3v) is 3.25. The van der Waals surface area contributed by atoms with Crippen molar-refractivity contribution in [2.24, 2.45) is 4.99 Å². The molecule has 1 aliphatic heterocycles. The Hall–Kier alpha value is -1.62. The van der Waals surface area contributed by atoms with Crippen LogP contribution in [0.4, 0.5) is 0 Å².